The molecule has 1 aliphatic rings. The van der Waals surface area contributed by atoms with Gasteiger partial charge in [-0.15, -0.1) is 0 Å². The number of hydrogen-bond donors (Lipinski definition) is 0. The maximum absolute atomic E-state index is 11.0. The summed E-state index contributed by atoms with van der Waals surface area (Å²) in [5.74, 6) is -0.110. The first-order chi connectivity index (χ1) is 5.25. The average molecular weight is 174 g/mol. The lowest BCUT2D eigenvalue weighted by Crippen LogP contribution is -2.16. The zero-order chi connectivity index (χ0) is 8.27. The van der Waals surface area contributed by atoms with E-state index in [-0.39, 0.29) is 16.7 Å². The van der Waals surface area contributed by atoms with E-state index in [1.54, 1.807) is 0 Å². The highest BCUT2D eigenvalue weighted by molar-refractivity contribution is 8.11. The first-order valence-corrected chi connectivity index (χ1v) is 4.86. The van der Waals surface area contributed by atoms with Gasteiger partial charge in [0.25, 0.3) is 0 Å². The van der Waals surface area contributed by atoms with E-state index in [9.17, 15) is 13.8 Å². The summed E-state index contributed by atoms with van der Waals surface area (Å²) < 4.78 is 10.7. The van der Waals surface area contributed by atoms with Gasteiger partial charge >= 0.3 is 0 Å². The molecule has 1 rings (SSSR count). The van der Waals surface area contributed by atoms with Crippen LogP contribution in [0.5, 0.6) is 0 Å². The molecule has 0 radical (unpaired) electrons. The van der Waals surface area contributed by atoms with Crippen LogP contribution in [-0.2, 0) is 20.4 Å². The Hall–Kier alpha value is -0.510. The fourth-order valence-corrected chi connectivity index (χ4v) is 2.03. The van der Waals surface area contributed by atoms with Crippen molar-refractivity contribution in [1.82, 2.24) is 0 Å². The molecule has 4 heteroatoms. The standard InChI is InChI=1S/C7H10O3S/c8-5-11(10)7(9)6-3-1-2-4-6/h5-6H,1-4H2. The van der Waals surface area contributed by atoms with Crippen molar-refractivity contribution in [3.8, 4) is 0 Å². The molecule has 0 bridgehead atoms. The van der Waals surface area contributed by atoms with Gasteiger partial charge in [0.2, 0.25) is 10.7 Å². The molecule has 62 valence electrons. The topological polar surface area (TPSA) is 51.2 Å². The van der Waals surface area contributed by atoms with E-state index in [0.29, 0.717) is 0 Å². The minimum Gasteiger partial charge on any atom is -0.288 e. The van der Waals surface area contributed by atoms with Crippen molar-refractivity contribution in [2.24, 2.45) is 5.92 Å². The summed E-state index contributed by atoms with van der Waals surface area (Å²) in [4.78, 5) is 21.0. The number of carbonyl (C=O) groups is 2. The maximum atomic E-state index is 11.0. The zero-order valence-corrected chi connectivity index (χ0v) is 6.93. The van der Waals surface area contributed by atoms with E-state index in [4.69, 9.17) is 0 Å². The summed E-state index contributed by atoms with van der Waals surface area (Å²) in [6.45, 7) is 0. The summed E-state index contributed by atoms with van der Waals surface area (Å²) >= 11 is 0. The number of carbonyl (C=O) groups excluding carboxylic acids is 2. The monoisotopic (exact) mass is 174 g/mol. The first-order valence-electron chi connectivity index (χ1n) is 3.65. The average Bonchev–Trinajstić information content (AvgIpc) is 2.53. The van der Waals surface area contributed by atoms with E-state index in [1.807, 2.05) is 0 Å². The van der Waals surface area contributed by atoms with Crippen LogP contribution in [-0.4, -0.2) is 14.9 Å². The Bertz CT molecular complexity index is 194. The maximum Gasteiger partial charge on any atom is 0.229 e. The smallest absolute Gasteiger partial charge is 0.229 e. The van der Waals surface area contributed by atoms with E-state index in [0.717, 1.165) is 25.7 Å². The van der Waals surface area contributed by atoms with Crippen LogP contribution in [0.2, 0.25) is 0 Å². The van der Waals surface area contributed by atoms with Gasteiger partial charge in [-0.3, -0.25) is 9.59 Å². The zero-order valence-electron chi connectivity index (χ0n) is 6.12. The molecule has 0 aliphatic heterocycles. The molecule has 0 aromatic heterocycles. The van der Waals surface area contributed by atoms with Gasteiger partial charge in [0.15, 0.2) is 10.8 Å². The van der Waals surface area contributed by atoms with Gasteiger partial charge in [-0.1, -0.05) is 12.8 Å². The van der Waals surface area contributed by atoms with Crippen LogP contribution in [0.25, 0.3) is 0 Å². The first kappa shape index (κ1) is 8.59. The van der Waals surface area contributed by atoms with Gasteiger partial charge in [-0.25, -0.2) is 4.21 Å². The SMILES string of the molecule is O=CS(=O)C(=O)C1CCCC1. The lowest BCUT2D eigenvalue weighted by Gasteiger charge is -2.01. The number of rotatable bonds is 2. The van der Waals surface area contributed by atoms with E-state index < -0.39 is 10.8 Å². The van der Waals surface area contributed by atoms with Crippen molar-refractivity contribution in [2.75, 3.05) is 0 Å². The highest BCUT2D eigenvalue weighted by atomic mass is 32.2. The Morgan fingerprint density at radius 1 is 1.36 bits per heavy atom. The second-order valence-electron chi connectivity index (χ2n) is 2.69. The highest BCUT2D eigenvalue weighted by Gasteiger charge is 2.26. The van der Waals surface area contributed by atoms with Gasteiger partial charge in [-0.2, -0.15) is 0 Å². The third kappa shape index (κ3) is 1.96. The second kappa shape index (κ2) is 3.76. The molecule has 0 heterocycles. The minimum absolute atomic E-state index is 0.110. The molecule has 0 aromatic carbocycles. The van der Waals surface area contributed by atoms with Gasteiger partial charge in [-0.05, 0) is 12.8 Å². The number of hydrogen-bond acceptors (Lipinski definition) is 3. The fraction of sp³-hybridized carbons (Fsp3) is 0.714. The molecule has 0 N–H and O–H groups in total. The lowest BCUT2D eigenvalue weighted by molar-refractivity contribution is -0.114. The molecule has 3 nitrogen and oxygen atoms in total. The Labute approximate surface area is 67.6 Å². The largest absolute Gasteiger partial charge is 0.288 e. The Kier molecular flexibility index (Phi) is 2.93. The Morgan fingerprint density at radius 2 is 1.91 bits per heavy atom. The molecular formula is C7H10O3S. The van der Waals surface area contributed by atoms with Gasteiger partial charge in [0, 0.05) is 5.92 Å². The quantitative estimate of drug-likeness (QED) is 0.577. The molecule has 0 spiro atoms. The van der Waals surface area contributed by atoms with Crippen LogP contribution in [0.3, 0.4) is 0 Å². The fourth-order valence-electron chi connectivity index (χ4n) is 1.37. The molecule has 1 unspecified atom stereocenters. The van der Waals surface area contributed by atoms with E-state index >= 15 is 0 Å². The summed E-state index contributed by atoms with van der Waals surface area (Å²) in [6, 6.07) is 0. The highest BCUT2D eigenvalue weighted by Crippen LogP contribution is 2.25. The third-order valence-electron chi connectivity index (χ3n) is 1.97. The van der Waals surface area contributed by atoms with Crippen molar-refractivity contribution in [1.29, 1.82) is 0 Å². The summed E-state index contributed by atoms with van der Waals surface area (Å²) in [6.07, 6.45) is 3.65. The summed E-state index contributed by atoms with van der Waals surface area (Å²) in [5.41, 5.74) is 0.223. The van der Waals surface area contributed by atoms with Crippen molar-refractivity contribution < 1.29 is 13.8 Å². The molecule has 0 amide bonds. The van der Waals surface area contributed by atoms with Crippen LogP contribution >= 0.6 is 0 Å². The van der Waals surface area contributed by atoms with E-state index in [2.05, 4.69) is 0 Å². The molecule has 0 saturated heterocycles. The van der Waals surface area contributed by atoms with E-state index in [1.165, 1.54) is 0 Å². The Balaban J connectivity index is 2.52. The predicted octanol–water partition coefficient (Wildman–Crippen LogP) is 0.642. The Morgan fingerprint density at radius 3 is 2.36 bits per heavy atom. The molecular weight excluding hydrogens is 164 g/mol. The van der Waals surface area contributed by atoms with Crippen LogP contribution in [0, 0.1) is 5.92 Å². The van der Waals surface area contributed by atoms with Crippen LogP contribution in [0.4, 0.5) is 0 Å². The summed E-state index contributed by atoms with van der Waals surface area (Å²) in [5, 5.41) is -0.377. The molecule has 1 aliphatic carbocycles. The normalized spacial score (nSPS) is 21.5. The molecule has 0 aromatic rings. The molecule has 1 fully saturated rings. The van der Waals surface area contributed by atoms with Crippen molar-refractivity contribution in [3.63, 3.8) is 0 Å². The summed E-state index contributed by atoms with van der Waals surface area (Å²) in [7, 11) is -1.88. The second-order valence-corrected chi connectivity index (χ2v) is 3.88. The molecule has 11 heavy (non-hydrogen) atoms. The lowest BCUT2D eigenvalue weighted by atomic mass is 10.1. The van der Waals surface area contributed by atoms with Gasteiger partial charge < -0.3 is 0 Å². The van der Waals surface area contributed by atoms with Gasteiger partial charge in [0.1, 0.15) is 0 Å². The van der Waals surface area contributed by atoms with Crippen LogP contribution < -0.4 is 0 Å². The minimum atomic E-state index is -1.88. The van der Waals surface area contributed by atoms with Crippen molar-refractivity contribution in [2.45, 2.75) is 25.7 Å². The van der Waals surface area contributed by atoms with Crippen LogP contribution in [0.1, 0.15) is 25.7 Å². The van der Waals surface area contributed by atoms with Crippen molar-refractivity contribution >= 4 is 21.5 Å². The third-order valence-corrected chi connectivity index (χ3v) is 2.88. The molecule has 1 saturated carbocycles. The molecule has 1 atom stereocenters. The van der Waals surface area contributed by atoms with Gasteiger partial charge in [0.05, 0.1) is 0 Å². The van der Waals surface area contributed by atoms with Crippen molar-refractivity contribution in [3.05, 3.63) is 0 Å². The predicted molar refractivity (Wildman–Crippen MR) is 41.9 cm³/mol. The van der Waals surface area contributed by atoms with Crippen LogP contribution in [0.15, 0.2) is 0 Å².